The molecule has 18 heavy (non-hydrogen) atoms. The molecular weight excluding hydrogens is 244 g/mol. The van der Waals surface area contributed by atoms with E-state index in [4.69, 9.17) is 9.72 Å². The summed E-state index contributed by atoms with van der Waals surface area (Å²) >= 11 is 1.83. The molecule has 1 aromatic heterocycles. The van der Waals surface area contributed by atoms with Crippen LogP contribution in [0.1, 0.15) is 43.3 Å². The predicted molar refractivity (Wildman–Crippen MR) is 78.2 cm³/mol. The van der Waals surface area contributed by atoms with Gasteiger partial charge < -0.3 is 10.1 Å². The number of nitrogens with one attached hydrogen (secondary N) is 1. The monoisotopic (exact) mass is 270 g/mol. The number of ether oxygens (including phenoxy) is 1. The fraction of sp³-hybridized carbons (Fsp3) is 0.786. The molecule has 3 nitrogen and oxygen atoms in total. The smallest absolute Gasteiger partial charge is 0.0957 e. The van der Waals surface area contributed by atoms with E-state index >= 15 is 0 Å². The summed E-state index contributed by atoms with van der Waals surface area (Å²) in [5.74, 6) is 0.653. The lowest BCUT2D eigenvalue weighted by Crippen LogP contribution is -2.12. The molecule has 0 spiro atoms. The average molecular weight is 270 g/mol. The van der Waals surface area contributed by atoms with E-state index in [1.807, 2.05) is 11.3 Å². The van der Waals surface area contributed by atoms with Crippen molar-refractivity contribution in [3.63, 3.8) is 0 Å². The van der Waals surface area contributed by atoms with Gasteiger partial charge in [-0.25, -0.2) is 4.98 Å². The second-order valence-corrected chi connectivity index (χ2v) is 6.27. The highest BCUT2D eigenvalue weighted by Gasteiger charge is 2.14. The first kappa shape index (κ1) is 15.6. The van der Waals surface area contributed by atoms with Gasteiger partial charge in [-0.05, 0) is 25.8 Å². The Bertz CT molecular complexity index is 350. The molecule has 0 bridgehead atoms. The van der Waals surface area contributed by atoms with Gasteiger partial charge in [0, 0.05) is 25.0 Å². The third-order valence-corrected chi connectivity index (χ3v) is 3.94. The van der Waals surface area contributed by atoms with E-state index in [1.54, 1.807) is 7.11 Å². The van der Waals surface area contributed by atoms with E-state index in [9.17, 15) is 0 Å². The topological polar surface area (TPSA) is 34.1 Å². The molecule has 0 amide bonds. The Hall–Kier alpha value is -0.450. The normalized spacial score (nSPS) is 13.2. The van der Waals surface area contributed by atoms with Crippen molar-refractivity contribution in [3.05, 3.63) is 15.6 Å². The SMILES string of the molecule is CCNCc1sc(CC(C)OC)nc1CC(C)C. The molecule has 0 aliphatic carbocycles. The van der Waals surface area contributed by atoms with Gasteiger partial charge in [0.25, 0.3) is 0 Å². The first-order valence-corrected chi connectivity index (χ1v) is 7.59. The maximum Gasteiger partial charge on any atom is 0.0957 e. The number of nitrogens with zero attached hydrogens (tertiary/aromatic N) is 1. The minimum absolute atomic E-state index is 0.245. The maximum absolute atomic E-state index is 5.32. The molecule has 0 saturated heterocycles. The molecule has 0 aliphatic rings. The molecule has 4 heteroatoms. The maximum atomic E-state index is 5.32. The largest absolute Gasteiger partial charge is 0.381 e. The van der Waals surface area contributed by atoms with Gasteiger partial charge in [0.2, 0.25) is 0 Å². The Morgan fingerprint density at radius 2 is 2.00 bits per heavy atom. The van der Waals surface area contributed by atoms with Crippen molar-refractivity contribution in [1.82, 2.24) is 10.3 Å². The summed E-state index contributed by atoms with van der Waals surface area (Å²) < 4.78 is 5.32. The highest BCUT2D eigenvalue weighted by atomic mass is 32.1. The van der Waals surface area contributed by atoms with Crippen LogP contribution >= 0.6 is 11.3 Å². The lowest BCUT2D eigenvalue weighted by atomic mass is 10.1. The zero-order chi connectivity index (χ0) is 13.5. The van der Waals surface area contributed by atoms with Crippen molar-refractivity contribution in [2.45, 2.75) is 53.2 Å². The number of aromatic nitrogens is 1. The van der Waals surface area contributed by atoms with E-state index < -0.39 is 0 Å². The molecule has 0 radical (unpaired) electrons. The lowest BCUT2D eigenvalue weighted by molar-refractivity contribution is 0.118. The van der Waals surface area contributed by atoms with Gasteiger partial charge in [0.15, 0.2) is 0 Å². The molecule has 104 valence electrons. The summed E-state index contributed by atoms with van der Waals surface area (Å²) in [6, 6.07) is 0. The van der Waals surface area contributed by atoms with E-state index in [-0.39, 0.29) is 6.10 Å². The first-order chi connectivity index (χ1) is 8.56. The van der Waals surface area contributed by atoms with Crippen LogP contribution in [0.5, 0.6) is 0 Å². The van der Waals surface area contributed by atoms with Gasteiger partial charge in [-0.3, -0.25) is 0 Å². The van der Waals surface area contributed by atoms with Crippen LogP contribution in [0.2, 0.25) is 0 Å². The Morgan fingerprint density at radius 3 is 2.56 bits per heavy atom. The molecular formula is C14H26N2OS. The van der Waals surface area contributed by atoms with Crippen molar-refractivity contribution in [3.8, 4) is 0 Å². The number of thiazole rings is 1. The van der Waals surface area contributed by atoms with Crippen LogP contribution in [0.3, 0.4) is 0 Å². The molecule has 0 aliphatic heterocycles. The Balaban J connectivity index is 2.77. The van der Waals surface area contributed by atoms with Crippen LogP contribution in [0.25, 0.3) is 0 Å². The molecule has 0 saturated carbocycles. The third-order valence-electron chi connectivity index (χ3n) is 2.82. The molecule has 1 N–H and O–H groups in total. The third kappa shape index (κ3) is 5.04. The average Bonchev–Trinajstić information content (AvgIpc) is 2.67. The molecule has 0 aromatic carbocycles. The van der Waals surface area contributed by atoms with Crippen LogP contribution < -0.4 is 5.32 Å². The van der Waals surface area contributed by atoms with E-state index in [1.165, 1.54) is 15.6 Å². The van der Waals surface area contributed by atoms with Crippen molar-refractivity contribution in [2.75, 3.05) is 13.7 Å². The quantitative estimate of drug-likeness (QED) is 0.788. The predicted octanol–water partition coefficient (Wildman–Crippen LogP) is 3.03. The summed E-state index contributed by atoms with van der Waals surface area (Å²) in [5.41, 5.74) is 1.27. The standard InChI is InChI=1S/C14H26N2OS/c1-6-15-9-13-12(7-10(2)3)16-14(18-13)8-11(4)17-5/h10-11,15H,6-9H2,1-5H3. The molecule has 1 atom stereocenters. The molecule has 1 heterocycles. The molecule has 1 aromatic rings. The molecule has 1 unspecified atom stereocenters. The van der Waals surface area contributed by atoms with Gasteiger partial charge in [0.1, 0.15) is 0 Å². The Labute approximate surface area is 115 Å². The van der Waals surface area contributed by atoms with E-state index in [0.717, 1.165) is 25.9 Å². The second-order valence-electron chi connectivity index (χ2n) is 5.11. The van der Waals surface area contributed by atoms with Crippen molar-refractivity contribution in [1.29, 1.82) is 0 Å². The minimum Gasteiger partial charge on any atom is -0.381 e. The van der Waals surface area contributed by atoms with Crippen LogP contribution in [-0.4, -0.2) is 24.7 Å². The summed E-state index contributed by atoms with van der Waals surface area (Å²) in [4.78, 5) is 6.18. The van der Waals surface area contributed by atoms with Gasteiger partial charge in [-0.15, -0.1) is 11.3 Å². The van der Waals surface area contributed by atoms with Crippen LogP contribution in [0, 0.1) is 5.92 Å². The van der Waals surface area contributed by atoms with Gasteiger partial charge in [0.05, 0.1) is 16.8 Å². The summed E-state index contributed by atoms with van der Waals surface area (Å²) in [5, 5.41) is 4.60. The summed E-state index contributed by atoms with van der Waals surface area (Å²) in [7, 11) is 1.76. The Morgan fingerprint density at radius 1 is 1.28 bits per heavy atom. The van der Waals surface area contributed by atoms with Crippen LogP contribution in [-0.2, 0) is 24.1 Å². The second kappa shape index (κ2) is 7.87. The summed E-state index contributed by atoms with van der Waals surface area (Å²) in [6.45, 7) is 10.7. The van der Waals surface area contributed by atoms with Crippen LogP contribution in [0.15, 0.2) is 0 Å². The van der Waals surface area contributed by atoms with Gasteiger partial charge in [-0.1, -0.05) is 20.8 Å². The zero-order valence-electron chi connectivity index (χ0n) is 12.2. The number of hydrogen-bond acceptors (Lipinski definition) is 4. The van der Waals surface area contributed by atoms with Gasteiger partial charge in [-0.2, -0.15) is 0 Å². The van der Waals surface area contributed by atoms with Crippen molar-refractivity contribution >= 4 is 11.3 Å². The van der Waals surface area contributed by atoms with Crippen molar-refractivity contribution < 1.29 is 4.74 Å². The molecule has 1 rings (SSSR count). The fourth-order valence-electron chi connectivity index (χ4n) is 1.78. The first-order valence-electron chi connectivity index (χ1n) is 6.77. The Kier molecular flexibility index (Phi) is 6.82. The molecule has 0 fully saturated rings. The lowest BCUT2D eigenvalue weighted by Gasteiger charge is -2.05. The van der Waals surface area contributed by atoms with Crippen molar-refractivity contribution in [2.24, 2.45) is 5.92 Å². The summed E-state index contributed by atoms with van der Waals surface area (Å²) in [6.07, 6.45) is 2.23. The van der Waals surface area contributed by atoms with E-state index in [0.29, 0.717) is 5.92 Å². The highest BCUT2D eigenvalue weighted by molar-refractivity contribution is 7.11. The number of rotatable bonds is 8. The zero-order valence-corrected chi connectivity index (χ0v) is 13.1. The number of methoxy groups -OCH3 is 1. The van der Waals surface area contributed by atoms with Crippen LogP contribution in [0.4, 0.5) is 0 Å². The van der Waals surface area contributed by atoms with Gasteiger partial charge >= 0.3 is 0 Å². The van der Waals surface area contributed by atoms with E-state index in [2.05, 4.69) is 33.0 Å². The number of hydrogen-bond donors (Lipinski definition) is 1. The fourth-order valence-corrected chi connectivity index (χ4v) is 2.96. The highest BCUT2D eigenvalue weighted by Crippen LogP contribution is 2.22. The minimum atomic E-state index is 0.245.